The van der Waals surface area contributed by atoms with Crippen molar-refractivity contribution >= 4 is 39.2 Å². The fraction of sp³-hybridized carbons (Fsp3) is 0.500. The second-order valence-corrected chi connectivity index (χ2v) is 7.54. The van der Waals surface area contributed by atoms with Crippen molar-refractivity contribution in [3.8, 4) is 0 Å². The highest BCUT2D eigenvalue weighted by atomic mass is 32.2. The summed E-state index contributed by atoms with van der Waals surface area (Å²) >= 11 is 2.96. The van der Waals surface area contributed by atoms with Gasteiger partial charge in [0.25, 0.3) is 5.56 Å². The predicted molar refractivity (Wildman–Crippen MR) is 92.5 cm³/mol. The van der Waals surface area contributed by atoms with Gasteiger partial charge in [-0.2, -0.15) is 0 Å². The summed E-state index contributed by atoms with van der Waals surface area (Å²) in [7, 11) is 0. The minimum atomic E-state index is -0.223. The molecule has 0 aliphatic heterocycles. The summed E-state index contributed by atoms with van der Waals surface area (Å²) in [5, 5.41) is 3.19. The molecule has 0 radical (unpaired) electrons. The number of carbonyl (C=O) groups excluding carboxylic acids is 1. The first-order chi connectivity index (χ1) is 10.4. The first-order valence-electron chi connectivity index (χ1n) is 7.02. The molecule has 2 aromatic rings. The fourth-order valence-electron chi connectivity index (χ4n) is 1.99. The minimum absolute atomic E-state index is 0.0540. The molecule has 0 spiro atoms. The second kappa shape index (κ2) is 7.26. The molecule has 1 unspecified atom stereocenters. The minimum Gasteiger partial charge on any atom is -0.354 e. The third kappa shape index (κ3) is 3.68. The average Bonchev–Trinajstić information content (AvgIpc) is 2.77. The van der Waals surface area contributed by atoms with E-state index in [4.69, 9.17) is 5.73 Å². The van der Waals surface area contributed by atoms with Crippen LogP contribution in [0, 0.1) is 13.8 Å². The number of H-pyrrole nitrogens is 1. The molecule has 6 nitrogen and oxygen atoms in total. The van der Waals surface area contributed by atoms with E-state index < -0.39 is 0 Å². The molecule has 2 rings (SSSR count). The Bertz CT molecular complexity index is 738. The van der Waals surface area contributed by atoms with E-state index in [1.165, 1.54) is 23.1 Å². The van der Waals surface area contributed by atoms with Crippen LogP contribution in [0.1, 0.15) is 23.2 Å². The number of rotatable bonds is 6. The number of nitrogens with one attached hydrogen (secondary N) is 2. The number of hydrogen-bond acceptors (Lipinski definition) is 6. The molecule has 2 aromatic heterocycles. The van der Waals surface area contributed by atoms with E-state index in [1.807, 2.05) is 20.8 Å². The Morgan fingerprint density at radius 2 is 2.23 bits per heavy atom. The number of nitrogens with zero attached hydrogens (tertiary/aromatic N) is 1. The number of carbonyl (C=O) groups is 1. The van der Waals surface area contributed by atoms with Crippen LogP contribution >= 0.6 is 23.1 Å². The Morgan fingerprint density at radius 1 is 1.50 bits per heavy atom. The number of nitrogens with two attached hydrogens (primary N) is 1. The molecule has 120 valence electrons. The molecule has 0 fully saturated rings. The van der Waals surface area contributed by atoms with Crippen molar-refractivity contribution in [1.29, 1.82) is 0 Å². The molecular formula is C14H20N4O2S2. The van der Waals surface area contributed by atoms with Crippen LogP contribution in [0.25, 0.3) is 10.2 Å². The highest BCUT2D eigenvalue weighted by molar-refractivity contribution is 7.99. The lowest BCUT2D eigenvalue weighted by molar-refractivity contribution is -0.120. The fourth-order valence-corrected chi connectivity index (χ4v) is 3.81. The van der Waals surface area contributed by atoms with E-state index in [1.54, 1.807) is 0 Å². The molecule has 0 bridgehead atoms. The third-order valence-electron chi connectivity index (χ3n) is 3.37. The number of thiophene rings is 1. The van der Waals surface area contributed by atoms with Crippen LogP contribution in [0.4, 0.5) is 0 Å². The normalized spacial score (nSPS) is 12.5. The third-order valence-corrected chi connectivity index (χ3v) is 5.63. The van der Waals surface area contributed by atoms with Gasteiger partial charge in [-0.15, -0.1) is 23.1 Å². The molecule has 22 heavy (non-hydrogen) atoms. The first-order valence-corrected chi connectivity index (χ1v) is 8.88. The van der Waals surface area contributed by atoms with Gasteiger partial charge in [0.05, 0.1) is 16.4 Å². The number of aromatic amines is 1. The highest BCUT2D eigenvalue weighted by Gasteiger charge is 2.15. The molecular weight excluding hydrogens is 320 g/mol. The van der Waals surface area contributed by atoms with E-state index in [9.17, 15) is 9.59 Å². The summed E-state index contributed by atoms with van der Waals surface area (Å²) in [5.74, 6) is 1.03. The maximum atomic E-state index is 12.2. The maximum absolute atomic E-state index is 12.2. The van der Waals surface area contributed by atoms with Gasteiger partial charge < -0.3 is 16.0 Å². The Labute approximate surface area is 136 Å². The van der Waals surface area contributed by atoms with E-state index in [0.29, 0.717) is 30.1 Å². The van der Waals surface area contributed by atoms with Crippen LogP contribution in [0.15, 0.2) is 4.79 Å². The summed E-state index contributed by atoms with van der Waals surface area (Å²) in [4.78, 5) is 33.1. The van der Waals surface area contributed by atoms with Crippen LogP contribution < -0.4 is 16.6 Å². The Balaban J connectivity index is 2.09. The van der Waals surface area contributed by atoms with Gasteiger partial charge in [-0.05, 0) is 26.3 Å². The quantitative estimate of drug-likeness (QED) is 0.736. The van der Waals surface area contributed by atoms with E-state index in [2.05, 4.69) is 15.3 Å². The monoisotopic (exact) mass is 340 g/mol. The van der Waals surface area contributed by atoms with Crippen LogP contribution in [-0.4, -0.2) is 34.2 Å². The summed E-state index contributed by atoms with van der Waals surface area (Å²) in [5.41, 5.74) is 6.24. The predicted octanol–water partition coefficient (Wildman–Crippen LogP) is 1.30. The SMILES string of the molecule is Cc1sc2nc(CSC(C)C(=O)NCCN)[nH]c(=O)c2c1C. The largest absolute Gasteiger partial charge is 0.354 e. The molecule has 0 aliphatic carbocycles. The van der Waals surface area contributed by atoms with Gasteiger partial charge in [-0.25, -0.2) is 4.98 Å². The molecule has 0 aliphatic rings. The lowest BCUT2D eigenvalue weighted by Crippen LogP contribution is -2.34. The zero-order valence-electron chi connectivity index (χ0n) is 12.9. The molecule has 0 saturated carbocycles. The van der Waals surface area contributed by atoms with Gasteiger partial charge in [0.2, 0.25) is 5.91 Å². The molecule has 1 atom stereocenters. The van der Waals surface area contributed by atoms with Crippen LogP contribution in [-0.2, 0) is 10.5 Å². The Kier molecular flexibility index (Phi) is 5.60. The van der Waals surface area contributed by atoms with Crippen LogP contribution in [0.3, 0.4) is 0 Å². The topological polar surface area (TPSA) is 101 Å². The number of aromatic nitrogens is 2. The number of hydrogen-bond donors (Lipinski definition) is 3. The van der Waals surface area contributed by atoms with E-state index in [-0.39, 0.29) is 16.7 Å². The summed E-state index contributed by atoms with van der Waals surface area (Å²) in [6.07, 6.45) is 0. The summed E-state index contributed by atoms with van der Waals surface area (Å²) in [6, 6.07) is 0. The maximum Gasteiger partial charge on any atom is 0.259 e. The van der Waals surface area contributed by atoms with Gasteiger partial charge in [0.15, 0.2) is 0 Å². The van der Waals surface area contributed by atoms with Crippen molar-refractivity contribution in [3.63, 3.8) is 0 Å². The molecule has 0 aromatic carbocycles. The average molecular weight is 340 g/mol. The number of amides is 1. The van der Waals surface area contributed by atoms with Crippen molar-refractivity contribution in [3.05, 3.63) is 26.6 Å². The van der Waals surface area contributed by atoms with Gasteiger partial charge in [0, 0.05) is 18.0 Å². The molecule has 1 amide bonds. The molecule has 2 heterocycles. The smallest absolute Gasteiger partial charge is 0.259 e. The molecule has 4 N–H and O–H groups in total. The van der Waals surface area contributed by atoms with Crippen molar-refractivity contribution in [1.82, 2.24) is 15.3 Å². The van der Waals surface area contributed by atoms with Gasteiger partial charge in [-0.1, -0.05) is 0 Å². The second-order valence-electron chi connectivity index (χ2n) is 5.01. The zero-order chi connectivity index (χ0) is 16.3. The number of fused-ring (bicyclic) bond motifs is 1. The zero-order valence-corrected chi connectivity index (χ0v) is 14.5. The van der Waals surface area contributed by atoms with Crippen LogP contribution in [0.2, 0.25) is 0 Å². The Hall–Kier alpha value is -1.38. The summed E-state index contributed by atoms with van der Waals surface area (Å²) < 4.78 is 0. The van der Waals surface area contributed by atoms with E-state index in [0.717, 1.165) is 15.3 Å². The lowest BCUT2D eigenvalue weighted by Gasteiger charge is -2.10. The highest BCUT2D eigenvalue weighted by Crippen LogP contribution is 2.26. The van der Waals surface area contributed by atoms with E-state index >= 15 is 0 Å². The van der Waals surface area contributed by atoms with Crippen molar-refractivity contribution in [2.45, 2.75) is 31.8 Å². The van der Waals surface area contributed by atoms with Crippen molar-refractivity contribution in [2.75, 3.05) is 13.1 Å². The number of aryl methyl sites for hydroxylation is 2. The van der Waals surface area contributed by atoms with Crippen molar-refractivity contribution in [2.24, 2.45) is 5.73 Å². The lowest BCUT2D eigenvalue weighted by atomic mass is 10.2. The summed E-state index contributed by atoms with van der Waals surface area (Å²) in [6.45, 7) is 6.64. The van der Waals surface area contributed by atoms with Gasteiger partial charge >= 0.3 is 0 Å². The van der Waals surface area contributed by atoms with Gasteiger partial charge in [-0.3, -0.25) is 9.59 Å². The molecule has 0 saturated heterocycles. The Morgan fingerprint density at radius 3 is 2.91 bits per heavy atom. The van der Waals surface area contributed by atoms with Crippen LogP contribution in [0.5, 0.6) is 0 Å². The molecule has 8 heteroatoms. The standard InChI is InChI=1S/C14H20N4O2S2/c1-7-8(2)22-14-11(7)13(20)17-10(18-14)6-21-9(3)12(19)16-5-4-15/h9H,4-6,15H2,1-3H3,(H,16,19)(H,17,18,20). The van der Waals surface area contributed by atoms with Gasteiger partial charge in [0.1, 0.15) is 10.7 Å². The first kappa shape index (κ1) is 17.0. The van der Waals surface area contributed by atoms with Crippen molar-refractivity contribution < 1.29 is 4.79 Å². The number of thioether (sulfide) groups is 1.